The molecule has 0 radical (unpaired) electrons. The minimum absolute atomic E-state index is 0.229. The van der Waals surface area contributed by atoms with Crippen LogP contribution in [0.1, 0.15) is 13.8 Å². The van der Waals surface area contributed by atoms with Crippen LogP contribution in [-0.2, 0) is 0 Å². The van der Waals surface area contributed by atoms with Crippen LogP contribution in [0.15, 0.2) is 58.9 Å². The van der Waals surface area contributed by atoms with Gasteiger partial charge in [0.1, 0.15) is 5.76 Å². The molecule has 0 aliphatic heterocycles. The molecule has 2 aliphatic carbocycles. The molecule has 0 bridgehead atoms. The molecular formula is C13H14O. The second-order valence-electron chi connectivity index (χ2n) is 3.84. The van der Waals surface area contributed by atoms with E-state index in [0.717, 1.165) is 5.57 Å². The smallest absolute Gasteiger partial charge is 0.115 e. The van der Waals surface area contributed by atoms with Crippen LogP contribution in [0.4, 0.5) is 0 Å². The van der Waals surface area contributed by atoms with Crippen molar-refractivity contribution < 1.29 is 5.11 Å². The third kappa shape index (κ3) is 1.58. The fourth-order valence-corrected chi connectivity index (χ4v) is 1.76. The van der Waals surface area contributed by atoms with Crippen molar-refractivity contribution in [2.24, 2.45) is 5.92 Å². The molecule has 72 valence electrons. The minimum Gasteiger partial charge on any atom is -0.508 e. The van der Waals surface area contributed by atoms with Gasteiger partial charge in [-0.25, -0.2) is 0 Å². The summed E-state index contributed by atoms with van der Waals surface area (Å²) in [6, 6.07) is 0. The van der Waals surface area contributed by atoms with Gasteiger partial charge in [0.2, 0.25) is 0 Å². The summed E-state index contributed by atoms with van der Waals surface area (Å²) in [7, 11) is 0. The number of allylic oxidation sites excluding steroid dienone is 9. The second-order valence-corrected chi connectivity index (χ2v) is 3.84. The zero-order valence-corrected chi connectivity index (χ0v) is 8.49. The maximum absolute atomic E-state index is 9.59. The van der Waals surface area contributed by atoms with Crippen molar-refractivity contribution in [2.75, 3.05) is 0 Å². The van der Waals surface area contributed by atoms with Crippen LogP contribution >= 0.6 is 0 Å². The summed E-state index contributed by atoms with van der Waals surface area (Å²) in [5.41, 5.74) is 3.44. The standard InChI is InChI=1S/C13H14O/c1-9-4-3-5-11-8-13(14)10(2)7-12(11)6-9/h3-8,11,14H,1-2H3. The summed E-state index contributed by atoms with van der Waals surface area (Å²) in [6.45, 7) is 4.01. The van der Waals surface area contributed by atoms with Gasteiger partial charge in [-0.05, 0) is 31.1 Å². The van der Waals surface area contributed by atoms with E-state index in [0.29, 0.717) is 5.76 Å². The van der Waals surface area contributed by atoms with Crippen molar-refractivity contribution in [2.45, 2.75) is 13.8 Å². The van der Waals surface area contributed by atoms with Crippen LogP contribution in [0, 0.1) is 5.92 Å². The van der Waals surface area contributed by atoms with Gasteiger partial charge in [-0.3, -0.25) is 0 Å². The fourth-order valence-electron chi connectivity index (χ4n) is 1.76. The first kappa shape index (κ1) is 9.07. The molecule has 0 amide bonds. The summed E-state index contributed by atoms with van der Waals surface area (Å²) in [5.74, 6) is 0.628. The molecule has 0 aromatic carbocycles. The van der Waals surface area contributed by atoms with Crippen LogP contribution in [0.5, 0.6) is 0 Å². The van der Waals surface area contributed by atoms with Crippen LogP contribution in [0.25, 0.3) is 0 Å². The van der Waals surface area contributed by atoms with Gasteiger partial charge in [0.15, 0.2) is 0 Å². The molecule has 1 unspecified atom stereocenters. The first-order chi connectivity index (χ1) is 6.66. The lowest BCUT2D eigenvalue weighted by Crippen LogP contribution is -2.04. The van der Waals surface area contributed by atoms with E-state index in [-0.39, 0.29) is 5.92 Å². The third-order valence-electron chi connectivity index (χ3n) is 2.58. The Morgan fingerprint density at radius 3 is 2.79 bits per heavy atom. The van der Waals surface area contributed by atoms with E-state index in [9.17, 15) is 5.11 Å². The van der Waals surface area contributed by atoms with Crippen molar-refractivity contribution in [1.29, 1.82) is 0 Å². The Balaban J connectivity index is 2.45. The minimum atomic E-state index is 0.229. The average molecular weight is 186 g/mol. The largest absolute Gasteiger partial charge is 0.508 e. The summed E-state index contributed by atoms with van der Waals surface area (Å²) < 4.78 is 0. The predicted octanol–water partition coefficient (Wildman–Crippen LogP) is 3.45. The predicted molar refractivity (Wildman–Crippen MR) is 58.9 cm³/mol. The lowest BCUT2D eigenvalue weighted by atomic mass is 9.90. The third-order valence-corrected chi connectivity index (χ3v) is 2.58. The molecule has 2 aliphatic rings. The molecule has 1 atom stereocenters. The normalized spacial score (nSPS) is 25.4. The number of hydrogen-bond acceptors (Lipinski definition) is 1. The van der Waals surface area contributed by atoms with Crippen LogP contribution in [-0.4, -0.2) is 5.11 Å². The molecule has 0 aromatic heterocycles. The Labute approximate surface area is 84.5 Å². The molecule has 1 nitrogen and oxygen atoms in total. The van der Waals surface area contributed by atoms with Crippen LogP contribution < -0.4 is 0 Å². The highest BCUT2D eigenvalue weighted by Gasteiger charge is 2.15. The molecular weight excluding hydrogens is 172 g/mol. The van der Waals surface area contributed by atoms with Gasteiger partial charge < -0.3 is 5.11 Å². The summed E-state index contributed by atoms with van der Waals surface area (Å²) in [4.78, 5) is 0. The number of fused-ring (bicyclic) bond motifs is 1. The maximum atomic E-state index is 9.59. The first-order valence-corrected chi connectivity index (χ1v) is 4.83. The Morgan fingerprint density at radius 2 is 2.00 bits per heavy atom. The summed E-state index contributed by atoms with van der Waals surface area (Å²) in [6.07, 6.45) is 12.3. The second kappa shape index (κ2) is 3.33. The van der Waals surface area contributed by atoms with E-state index in [4.69, 9.17) is 0 Å². The van der Waals surface area contributed by atoms with Crippen molar-refractivity contribution in [3.8, 4) is 0 Å². The number of rotatable bonds is 0. The Bertz CT molecular complexity index is 403. The number of aliphatic hydroxyl groups excluding tert-OH is 1. The number of hydrogen-bond donors (Lipinski definition) is 1. The molecule has 14 heavy (non-hydrogen) atoms. The van der Waals surface area contributed by atoms with E-state index in [2.05, 4.69) is 25.2 Å². The molecule has 1 heteroatoms. The van der Waals surface area contributed by atoms with E-state index in [1.54, 1.807) is 0 Å². The van der Waals surface area contributed by atoms with E-state index >= 15 is 0 Å². The van der Waals surface area contributed by atoms with Gasteiger partial charge in [0.05, 0.1) is 0 Å². The molecule has 1 N–H and O–H groups in total. The van der Waals surface area contributed by atoms with Gasteiger partial charge in [-0.2, -0.15) is 0 Å². The monoisotopic (exact) mass is 186 g/mol. The van der Waals surface area contributed by atoms with Crippen LogP contribution in [0.3, 0.4) is 0 Å². The highest BCUT2D eigenvalue weighted by atomic mass is 16.3. The SMILES string of the molecule is CC1=CC=CC2C=C(O)C(C)=CC2=C1. The lowest BCUT2D eigenvalue weighted by molar-refractivity contribution is 0.416. The van der Waals surface area contributed by atoms with Crippen molar-refractivity contribution in [3.05, 3.63) is 58.9 Å². The molecule has 0 saturated carbocycles. The first-order valence-electron chi connectivity index (χ1n) is 4.83. The van der Waals surface area contributed by atoms with E-state index in [1.165, 1.54) is 11.1 Å². The van der Waals surface area contributed by atoms with E-state index in [1.807, 2.05) is 25.2 Å². The Hall–Kier alpha value is -1.50. The quantitative estimate of drug-likeness (QED) is 0.614. The van der Waals surface area contributed by atoms with Crippen molar-refractivity contribution in [1.82, 2.24) is 0 Å². The molecule has 0 heterocycles. The summed E-state index contributed by atoms with van der Waals surface area (Å²) >= 11 is 0. The van der Waals surface area contributed by atoms with Gasteiger partial charge in [0.25, 0.3) is 0 Å². The van der Waals surface area contributed by atoms with Crippen molar-refractivity contribution in [3.63, 3.8) is 0 Å². The molecule has 0 fully saturated rings. The molecule has 0 spiro atoms. The molecule has 0 aromatic rings. The van der Waals surface area contributed by atoms with Gasteiger partial charge in [0, 0.05) is 5.92 Å². The molecule has 0 saturated heterocycles. The van der Waals surface area contributed by atoms with Gasteiger partial charge in [-0.1, -0.05) is 36.0 Å². The van der Waals surface area contributed by atoms with E-state index < -0.39 is 0 Å². The van der Waals surface area contributed by atoms with Crippen LogP contribution in [0.2, 0.25) is 0 Å². The lowest BCUT2D eigenvalue weighted by Gasteiger charge is -2.16. The topological polar surface area (TPSA) is 20.2 Å². The summed E-state index contributed by atoms with van der Waals surface area (Å²) in [5, 5.41) is 9.59. The zero-order chi connectivity index (χ0) is 10.1. The Morgan fingerprint density at radius 1 is 1.21 bits per heavy atom. The zero-order valence-electron chi connectivity index (χ0n) is 8.49. The van der Waals surface area contributed by atoms with Gasteiger partial charge >= 0.3 is 0 Å². The Kier molecular flexibility index (Phi) is 2.16. The van der Waals surface area contributed by atoms with Crippen molar-refractivity contribution >= 4 is 0 Å². The highest BCUT2D eigenvalue weighted by Crippen LogP contribution is 2.29. The highest BCUT2D eigenvalue weighted by molar-refractivity contribution is 5.48. The fraction of sp³-hybridized carbons (Fsp3) is 0.231. The average Bonchev–Trinajstić information content (AvgIpc) is 2.28. The molecule has 2 rings (SSSR count). The van der Waals surface area contributed by atoms with Gasteiger partial charge in [-0.15, -0.1) is 0 Å². The number of aliphatic hydroxyl groups is 1. The maximum Gasteiger partial charge on any atom is 0.115 e.